The SMILES string of the molecule is Cc1ccc(-c2cc(-c3ccccc3)cc(-c3ccc(-c4ccccc4)cc3)c2O)c(C)c1-c1n(-c2c(C(C)C)cccc2C(C)C)c2ccccc2[n+]1C. The summed E-state index contributed by atoms with van der Waals surface area (Å²) < 4.78 is 4.87. The molecule has 1 heterocycles. The minimum absolute atomic E-state index is 0.280. The first-order chi connectivity index (χ1) is 26.6. The third-order valence-corrected chi connectivity index (χ3v) is 11.3. The van der Waals surface area contributed by atoms with Gasteiger partial charge in [0.15, 0.2) is 11.0 Å². The maximum Gasteiger partial charge on any atom is 0.295 e. The summed E-state index contributed by atoms with van der Waals surface area (Å²) in [5, 5.41) is 12.4. The van der Waals surface area contributed by atoms with Crippen molar-refractivity contribution in [3.8, 4) is 67.3 Å². The van der Waals surface area contributed by atoms with Crippen LogP contribution in [-0.4, -0.2) is 9.67 Å². The predicted molar refractivity (Wildman–Crippen MR) is 231 cm³/mol. The molecule has 1 aromatic heterocycles. The number of imidazole rings is 1. The van der Waals surface area contributed by atoms with Gasteiger partial charge in [-0.1, -0.05) is 155 Å². The summed E-state index contributed by atoms with van der Waals surface area (Å²) in [6.07, 6.45) is 0. The van der Waals surface area contributed by atoms with Gasteiger partial charge in [-0.3, -0.25) is 0 Å². The molecule has 0 saturated carbocycles. The monoisotopic (exact) mass is 717 g/mol. The summed E-state index contributed by atoms with van der Waals surface area (Å²) >= 11 is 0. The van der Waals surface area contributed by atoms with E-state index >= 15 is 0 Å². The summed E-state index contributed by atoms with van der Waals surface area (Å²) in [6.45, 7) is 13.6. The third-order valence-electron chi connectivity index (χ3n) is 11.3. The number of aryl methyl sites for hydroxylation is 2. The Morgan fingerprint density at radius 2 is 1.04 bits per heavy atom. The number of nitrogens with zero attached hydrogens (tertiary/aromatic N) is 2. The fourth-order valence-corrected chi connectivity index (χ4v) is 8.40. The van der Waals surface area contributed by atoms with Gasteiger partial charge in [-0.2, -0.15) is 4.57 Å². The molecule has 0 aliphatic heterocycles. The lowest BCUT2D eigenvalue weighted by molar-refractivity contribution is -0.633. The minimum Gasteiger partial charge on any atom is -0.507 e. The number of aromatic hydroxyl groups is 1. The summed E-state index contributed by atoms with van der Waals surface area (Å²) in [5.41, 5.74) is 17.8. The quantitative estimate of drug-likeness (QED) is 0.156. The van der Waals surface area contributed by atoms with E-state index in [0.717, 1.165) is 50.3 Å². The van der Waals surface area contributed by atoms with Crippen molar-refractivity contribution in [2.24, 2.45) is 7.05 Å². The van der Waals surface area contributed by atoms with E-state index in [-0.39, 0.29) is 5.75 Å². The molecule has 8 rings (SSSR count). The molecule has 0 radical (unpaired) electrons. The van der Waals surface area contributed by atoms with Gasteiger partial charge in [0, 0.05) is 22.3 Å². The Bertz CT molecular complexity index is 2640. The number of benzene rings is 7. The van der Waals surface area contributed by atoms with Gasteiger partial charge in [0.2, 0.25) is 0 Å². The molecule has 7 aromatic carbocycles. The molecule has 272 valence electrons. The van der Waals surface area contributed by atoms with E-state index in [0.29, 0.717) is 11.8 Å². The van der Waals surface area contributed by atoms with Crippen molar-refractivity contribution in [2.45, 2.75) is 53.4 Å². The predicted octanol–water partition coefficient (Wildman–Crippen LogP) is 13.4. The van der Waals surface area contributed by atoms with E-state index in [1.165, 1.54) is 44.5 Å². The Balaban J connectivity index is 1.39. The lowest BCUT2D eigenvalue weighted by Gasteiger charge is -2.20. The fourth-order valence-electron chi connectivity index (χ4n) is 8.40. The number of aromatic nitrogens is 2. The Morgan fingerprint density at radius 3 is 1.65 bits per heavy atom. The standard InChI is InChI=1S/C52H48N2O/c1-33(2)42-21-16-22-43(34(3)4)50(42)54-48-24-15-14-23-47(48)53(7)52(54)49-35(5)25-30-44(36(49)6)46-32-41(38-19-12-9-13-20-38)31-45(51(46)55)40-28-26-39(27-29-40)37-17-10-8-11-18-37/h8-34H,1-7H3/p+1. The van der Waals surface area contributed by atoms with E-state index in [1.807, 2.05) is 12.1 Å². The zero-order valence-electron chi connectivity index (χ0n) is 32.9. The van der Waals surface area contributed by atoms with E-state index in [4.69, 9.17) is 0 Å². The van der Waals surface area contributed by atoms with Crippen molar-refractivity contribution in [2.75, 3.05) is 0 Å². The Kier molecular flexibility index (Phi) is 9.49. The summed E-state index contributed by atoms with van der Waals surface area (Å²) in [7, 11) is 2.19. The van der Waals surface area contributed by atoms with Crippen LogP contribution in [0.25, 0.3) is 72.6 Å². The second kappa shape index (κ2) is 14.6. The van der Waals surface area contributed by atoms with Gasteiger partial charge in [0.05, 0.1) is 12.6 Å². The van der Waals surface area contributed by atoms with Gasteiger partial charge in [-0.15, -0.1) is 0 Å². The van der Waals surface area contributed by atoms with Crippen LogP contribution in [0.1, 0.15) is 61.8 Å². The molecule has 0 unspecified atom stereocenters. The van der Waals surface area contributed by atoms with Crippen molar-refractivity contribution >= 4 is 11.0 Å². The average Bonchev–Trinajstić information content (AvgIpc) is 3.49. The molecule has 0 amide bonds. The first kappa shape index (κ1) is 35.8. The van der Waals surface area contributed by atoms with E-state index in [2.05, 4.69) is 197 Å². The fraction of sp³-hybridized carbons (Fsp3) is 0.173. The van der Waals surface area contributed by atoms with Crippen LogP contribution in [0.4, 0.5) is 0 Å². The van der Waals surface area contributed by atoms with Crippen molar-refractivity contribution in [1.82, 2.24) is 4.57 Å². The van der Waals surface area contributed by atoms with E-state index in [9.17, 15) is 5.11 Å². The number of para-hydroxylation sites is 3. The summed E-state index contributed by atoms with van der Waals surface area (Å²) in [6, 6.07) is 53.7. The van der Waals surface area contributed by atoms with Crippen LogP contribution in [0.2, 0.25) is 0 Å². The molecule has 55 heavy (non-hydrogen) atoms. The lowest BCUT2D eigenvalue weighted by atomic mass is 9.87. The molecule has 3 heteroatoms. The highest BCUT2D eigenvalue weighted by Crippen LogP contribution is 2.46. The van der Waals surface area contributed by atoms with Crippen LogP contribution in [0.3, 0.4) is 0 Å². The average molecular weight is 718 g/mol. The van der Waals surface area contributed by atoms with Crippen LogP contribution in [0.5, 0.6) is 5.75 Å². The number of phenols is 1. The molecule has 0 fully saturated rings. The summed E-state index contributed by atoms with van der Waals surface area (Å²) in [5.74, 6) is 2.07. The number of hydrogen-bond acceptors (Lipinski definition) is 1. The normalized spacial score (nSPS) is 11.6. The Hall–Kier alpha value is -6.19. The zero-order chi connectivity index (χ0) is 38.4. The number of fused-ring (bicyclic) bond motifs is 1. The molecular formula is C52H49N2O+. The topological polar surface area (TPSA) is 29.0 Å². The lowest BCUT2D eigenvalue weighted by Crippen LogP contribution is -2.31. The van der Waals surface area contributed by atoms with Crippen LogP contribution >= 0.6 is 0 Å². The van der Waals surface area contributed by atoms with Gasteiger partial charge < -0.3 is 5.11 Å². The maximum atomic E-state index is 12.4. The maximum absolute atomic E-state index is 12.4. The summed E-state index contributed by atoms with van der Waals surface area (Å²) in [4.78, 5) is 0. The molecule has 0 aliphatic rings. The Labute approximate surface area is 325 Å². The van der Waals surface area contributed by atoms with Crippen molar-refractivity contribution < 1.29 is 9.67 Å². The van der Waals surface area contributed by atoms with E-state index < -0.39 is 0 Å². The molecule has 0 bridgehead atoms. The van der Waals surface area contributed by atoms with Crippen LogP contribution < -0.4 is 4.57 Å². The molecular weight excluding hydrogens is 669 g/mol. The first-order valence-corrected chi connectivity index (χ1v) is 19.5. The molecule has 0 spiro atoms. The third kappa shape index (κ3) is 6.34. The molecule has 0 atom stereocenters. The van der Waals surface area contributed by atoms with Gasteiger partial charge >= 0.3 is 0 Å². The van der Waals surface area contributed by atoms with Gasteiger partial charge in [-0.25, -0.2) is 4.57 Å². The second-order valence-electron chi connectivity index (χ2n) is 15.5. The van der Waals surface area contributed by atoms with Gasteiger partial charge in [0.25, 0.3) is 5.82 Å². The zero-order valence-corrected chi connectivity index (χ0v) is 32.9. The van der Waals surface area contributed by atoms with Crippen molar-refractivity contribution in [3.63, 3.8) is 0 Å². The largest absolute Gasteiger partial charge is 0.507 e. The highest BCUT2D eigenvalue weighted by Gasteiger charge is 2.33. The van der Waals surface area contributed by atoms with Gasteiger partial charge in [0.1, 0.15) is 11.4 Å². The number of rotatable bonds is 8. The second-order valence-corrected chi connectivity index (χ2v) is 15.5. The smallest absolute Gasteiger partial charge is 0.295 e. The van der Waals surface area contributed by atoms with Crippen LogP contribution in [-0.2, 0) is 7.05 Å². The van der Waals surface area contributed by atoms with Crippen molar-refractivity contribution in [1.29, 1.82) is 0 Å². The first-order valence-electron chi connectivity index (χ1n) is 19.5. The molecule has 0 aliphatic carbocycles. The highest BCUT2D eigenvalue weighted by atomic mass is 16.3. The van der Waals surface area contributed by atoms with E-state index in [1.54, 1.807) is 0 Å². The van der Waals surface area contributed by atoms with Crippen LogP contribution in [0.15, 0.2) is 152 Å². The van der Waals surface area contributed by atoms with Crippen molar-refractivity contribution in [3.05, 3.63) is 174 Å². The number of phenolic OH excluding ortho intramolecular Hbond substituents is 1. The number of hydrogen-bond donors (Lipinski definition) is 1. The minimum atomic E-state index is 0.280. The molecule has 0 saturated heterocycles. The molecule has 1 N–H and O–H groups in total. The van der Waals surface area contributed by atoms with Crippen LogP contribution in [0, 0.1) is 13.8 Å². The molecule has 8 aromatic rings. The molecule has 3 nitrogen and oxygen atoms in total. The van der Waals surface area contributed by atoms with Gasteiger partial charge in [-0.05, 0) is 94.5 Å². The highest BCUT2D eigenvalue weighted by molar-refractivity contribution is 5.91. The Morgan fingerprint density at radius 1 is 0.509 bits per heavy atom.